The topological polar surface area (TPSA) is 39.1 Å². The zero-order valence-electron chi connectivity index (χ0n) is 13.4. The summed E-state index contributed by atoms with van der Waals surface area (Å²) in [6.07, 6.45) is 1.86. The van der Waals surface area contributed by atoms with Crippen LogP contribution in [0.5, 0.6) is 0 Å². The monoisotopic (exact) mass is 273 g/mol. The molecule has 1 atom stereocenters. The maximum Gasteiger partial charge on any atom is 0.133 e. The molecule has 1 N–H and O–H groups in total. The van der Waals surface area contributed by atoms with E-state index in [2.05, 4.69) is 44.1 Å². The number of nitrogens with one attached hydrogen (secondary N) is 1. The van der Waals surface area contributed by atoms with Crippen LogP contribution in [-0.4, -0.2) is 31.1 Å². The molecular formula is C17H27N3. The lowest BCUT2D eigenvalue weighted by Crippen LogP contribution is -2.46. The molecule has 1 rings (SSSR count). The Morgan fingerprint density at radius 1 is 1.25 bits per heavy atom. The van der Waals surface area contributed by atoms with Crippen LogP contribution in [0.3, 0.4) is 0 Å². The van der Waals surface area contributed by atoms with Gasteiger partial charge in [-0.1, -0.05) is 37.3 Å². The number of nitriles is 1. The van der Waals surface area contributed by atoms with Crippen LogP contribution in [0, 0.1) is 11.3 Å². The fourth-order valence-corrected chi connectivity index (χ4v) is 2.22. The van der Waals surface area contributed by atoms with Crippen molar-refractivity contribution < 1.29 is 0 Å². The molecule has 0 aromatic heterocycles. The quantitative estimate of drug-likeness (QED) is 0.829. The van der Waals surface area contributed by atoms with Gasteiger partial charge in [-0.15, -0.1) is 0 Å². The first kappa shape index (κ1) is 16.7. The molecule has 20 heavy (non-hydrogen) atoms. The molecule has 3 nitrogen and oxygen atoms in total. The molecule has 0 radical (unpaired) electrons. The van der Waals surface area contributed by atoms with Crippen LogP contribution in [0.4, 0.5) is 0 Å². The van der Waals surface area contributed by atoms with Crippen LogP contribution in [0.25, 0.3) is 0 Å². The van der Waals surface area contributed by atoms with Crippen LogP contribution in [0.1, 0.15) is 39.2 Å². The van der Waals surface area contributed by atoms with Crippen molar-refractivity contribution in [2.75, 3.05) is 20.6 Å². The summed E-state index contributed by atoms with van der Waals surface area (Å²) in [5.41, 5.74) is 0.582. The average molecular weight is 273 g/mol. The third-order valence-corrected chi connectivity index (χ3v) is 4.61. The Morgan fingerprint density at radius 3 is 2.30 bits per heavy atom. The van der Waals surface area contributed by atoms with Gasteiger partial charge in [0, 0.05) is 12.1 Å². The minimum atomic E-state index is -0.612. The maximum absolute atomic E-state index is 9.67. The molecule has 3 heteroatoms. The molecule has 1 unspecified atom stereocenters. The zero-order valence-corrected chi connectivity index (χ0v) is 13.4. The lowest BCUT2D eigenvalue weighted by molar-refractivity contribution is 0.139. The van der Waals surface area contributed by atoms with E-state index in [1.54, 1.807) is 0 Å². The van der Waals surface area contributed by atoms with Gasteiger partial charge < -0.3 is 4.90 Å². The summed E-state index contributed by atoms with van der Waals surface area (Å²) >= 11 is 0. The van der Waals surface area contributed by atoms with E-state index in [-0.39, 0.29) is 5.54 Å². The molecule has 0 saturated carbocycles. The predicted octanol–water partition coefficient (Wildman–Crippen LogP) is 3.14. The Morgan fingerprint density at radius 2 is 1.85 bits per heavy atom. The molecule has 0 spiro atoms. The van der Waals surface area contributed by atoms with Crippen LogP contribution < -0.4 is 5.32 Å². The number of nitrogens with zero attached hydrogens (tertiary/aromatic N) is 2. The van der Waals surface area contributed by atoms with Crippen LogP contribution in [0.15, 0.2) is 30.3 Å². The molecule has 1 aromatic rings. The van der Waals surface area contributed by atoms with Crippen molar-refractivity contribution in [3.63, 3.8) is 0 Å². The molecule has 110 valence electrons. The first-order valence-corrected chi connectivity index (χ1v) is 7.29. The van der Waals surface area contributed by atoms with E-state index in [0.29, 0.717) is 0 Å². The molecule has 0 aliphatic heterocycles. The van der Waals surface area contributed by atoms with Crippen LogP contribution >= 0.6 is 0 Å². The van der Waals surface area contributed by atoms with Gasteiger partial charge in [-0.05, 0) is 46.3 Å². The molecule has 0 saturated heterocycles. The Bertz CT molecular complexity index is 447. The molecule has 1 aromatic carbocycles. The summed E-state index contributed by atoms with van der Waals surface area (Å²) < 4.78 is 0. The Balaban J connectivity index is 2.88. The summed E-state index contributed by atoms with van der Waals surface area (Å²) in [4.78, 5) is 2.33. The van der Waals surface area contributed by atoms with E-state index in [4.69, 9.17) is 0 Å². The Hall–Kier alpha value is -1.37. The normalized spacial score (nSPS) is 14.8. The fraction of sp³-hybridized carbons (Fsp3) is 0.588. The maximum atomic E-state index is 9.67. The standard InChI is InChI=1S/C17H27N3/c1-6-16(2,3)20(5)13-12-17(14-18,19-4)15-10-8-7-9-11-15/h7-11,19H,6,12-13H2,1-5H3. The van der Waals surface area contributed by atoms with Gasteiger partial charge in [0.25, 0.3) is 0 Å². The Kier molecular flexibility index (Phi) is 5.74. The van der Waals surface area contributed by atoms with Gasteiger partial charge in [0.1, 0.15) is 5.54 Å². The van der Waals surface area contributed by atoms with Gasteiger partial charge in [0.15, 0.2) is 0 Å². The molecule has 0 amide bonds. The summed E-state index contributed by atoms with van der Waals surface area (Å²) in [7, 11) is 3.99. The summed E-state index contributed by atoms with van der Waals surface area (Å²) in [5, 5.41) is 12.9. The molecular weight excluding hydrogens is 246 g/mol. The lowest BCUT2D eigenvalue weighted by Gasteiger charge is -2.37. The van der Waals surface area contributed by atoms with Crippen molar-refractivity contribution in [3.05, 3.63) is 35.9 Å². The summed E-state index contributed by atoms with van der Waals surface area (Å²) in [6, 6.07) is 12.5. The van der Waals surface area contributed by atoms with Gasteiger partial charge in [-0.3, -0.25) is 5.32 Å². The number of hydrogen-bond donors (Lipinski definition) is 1. The highest BCUT2D eigenvalue weighted by atomic mass is 15.2. The van der Waals surface area contributed by atoms with E-state index in [1.165, 1.54) is 0 Å². The molecule has 0 aliphatic carbocycles. The largest absolute Gasteiger partial charge is 0.301 e. The van der Waals surface area contributed by atoms with Crippen molar-refractivity contribution in [2.24, 2.45) is 0 Å². The minimum Gasteiger partial charge on any atom is -0.301 e. The molecule has 0 heterocycles. The highest BCUT2D eigenvalue weighted by Crippen LogP contribution is 2.26. The smallest absolute Gasteiger partial charge is 0.133 e. The first-order valence-electron chi connectivity index (χ1n) is 7.29. The lowest BCUT2D eigenvalue weighted by atomic mass is 9.87. The first-order chi connectivity index (χ1) is 9.41. The van der Waals surface area contributed by atoms with E-state index >= 15 is 0 Å². The second kappa shape index (κ2) is 6.88. The number of benzene rings is 1. The van der Waals surface area contributed by atoms with Crippen molar-refractivity contribution in [2.45, 2.75) is 44.7 Å². The second-order valence-electron chi connectivity index (χ2n) is 5.97. The van der Waals surface area contributed by atoms with Crippen molar-refractivity contribution in [1.29, 1.82) is 5.26 Å². The van der Waals surface area contributed by atoms with Gasteiger partial charge in [-0.25, -0.2) is 0 Å². The van der Waals surface area contributed by atoms with Crippen molar-refractivity contribution in [3.8, 4) is 6.07 Å². The summed E-state index contributed by atoms with van der Waals surface area (Å²) in [6.45, 7) is 7.55. The van der Waals surface area contributed by atoms with Gasteiger partial charge in [-0.2, -0.15) is 5.26 Å². The van der Waals surface area contributed by atoms with Crippen LogP contribution in [-0.2, 0) is 5.54 Å². The average Bonchev–Trinajstić information content (AvgIpc) is 2.49. The van der Waals surface area contributed by atoms with Gasteiger partial charge in [0.05, 0.1) is 6.07 Å². The molecule has 0 fully saturated rings. The van der Waals surface area contributed by atoms with Gasteiger partial charge in [0.2, 0.25) is 0 Å². The number of hydrogen-bond acceptors (Lipinski definition) is 3. The fourth-order valence-electron chi connectivity index (χ4n) is 2.22. The van der Waals surface area contributed by atoms with Crippen molar-refractivity contribution in [1.82, 2.24) is 10.2 Å². The molecule has 0 aliphatic rings. The third kappa shape index (κ3) is 3.59. The highest BCUT2D eigenvalue weighted by Gasteiger charge is 2.32. The van der Waals surface area contributed by atoms with E-state index in [1.807, 2.05) is 37.4 Å². The highest BCUT2D eigenvalue weighted by molar-refractivity contribution is 5.31. The predicted molar refractivity (Wildman–Crippen MR) is 84.4 cm³/mol. The summed E-state index contributed by atoms with van der Waals surface area (Å²) in [5.74, 6) is 0. The van der Waals surface area contributed by atoms with E-state index in [0.717, 1.165) is 24.9 Å². The minimum absolute atomic E-state index is 0.158. The van der Waals surface area contributed by atoms with Gasteiger partial charge >= 0.3 is 0 Å². The van der Waals surface area contributed by atoms with E-state index < -0.39 is 5.54 Å². The number of rotatable bonds is 7. The SMILES string of the molecule is CCC(C)(C)N(C)CCC(C#N)(NC)c1ccccc1. The van der Waals surface area contributed by atoms with Crippen molar-refractivity contribution >= 4 is 0 Å². The van der Waals surface area contributed by atoms with E-state index in [9.17, 15) is 5.26 Å². The second-order valence-corrected chi connectivity index (χ2v) is 5.97. The van der Waals surface area contributed by atoms with Crippen LogP contribution in [0.2, 0.25) is 0 Å². The third-order valence-electron chi connectivity index (χ3n) is 4.61. The zero-order chi connectivity index (χ0) is 15.2. The Labute approximate surface area is 123 Å². The molecule has 0 bridgehead atoms.